The summed E-state index contributed by atoms with van der Waals surface area (Å²) < 4.78 is 0. The van der Waals surface area contributed by atoms with Crippen molar-refractivity contribution in [2.24, 2.45) is 0 Å². The van der Waals surface area contributed by atoms with Crippen molar-refractivity contribution < 1.29 is 0 Å². The van der Waals surface area contributed by atoms with Crippen LogP contribution in [-0.4, -0.2) is 0 Å². The molecule has 70 heavy (non-hydrogen) atoms. The second-order valence-electron chi connectivity index (χ2n) is 22.3. The van der Waals surface area contributed by atoms with E-state index < -0.39 is 0 Å². The molecule has 0 bridgehead atoms. The zero-order valence-electron chi connectivity index (χ0n) is 50.4. The highest BCUT2D eigenvalue weighted by atomic mass is 14.3. The molecule has 0 aliphatic rings. The Morgan fingerprint density at radius 3 is 0.800 bits per heavy atom. The van der Waals surface area contributed by atoms with Gasteiger partial charge in [-0.3, -0.25) is 0 Å². The maximum atomic E-state index is 2.48. The van der Waals surface area contributed by atoms with Crippen LogP contribution in [0.15, 0.2) is 48.5 Å². The quantitative estimate of drug-likeness (QED) is 0.0588. The molecule has 4 aromatic rings. The van der Waals surface area contributed by atoms with Gasteiger partial charge in [-0.05, 0) is 191 Å². The third-order valence-electron chi connectivity index (χ3n) is 13.9. The van der Waals surface area contributed by atoms with Gasteiger partial charge in [0, 0.05) is 0 Å². The molecule has 0 N–H and O–H groups in total. The van der Waals surface area contributed by atoms with Crippen LogP contribution >= 0.6 is 0 Å². The normalized spacial score (nSPS) is 11.2. The van der Waals surface area contributed by atoms with Crippen molar-refractivity contribution in [1.29, 1.82) is 0 Å². The Bertz CT molecular complexity index is 1880. The summed E-state index contributed by atoms with van der Waals surface area (Å²) >= 11 is 0. The van der Waals surface area contributed by atoms with Crippen molar-refractivity contribution in [3.8, 4) is 0 Å². The maximum absolute atomic E-state index is 2.48. The zero-order valence-corrected chi connectivity index (χ0v) is 50.4. The fourth-order valence-electron chi connectivity index (χ4n) is 11.3. The molecule has 0 saturated carbocycles. The first-order valence-corrected chi connectivity index (χ1v) is 30.1. The van der Waals surface area contributed by atoms with Crippen LogP contribution in [0, 0.1) is 6.92 Å². The summed E-state index contributed by atoms with van der Waals surface area (Å²) in [6.45, 7) is 43.7. The highest BCUT2D eigenvalue weighted by molar-refractivity contribution is 5.45. The van der Waals surface area contributed by atoms with Gasteiger partial charge in [0.15, 0.2) is 0 Å². The van der Waals surface area contributed by atoms with Crippen molar-refractivity contribution in [2.75, 3.05) is 0 Å². The first-order chi connectivity index (χ1) is 33.6. The third-order valence-corrected chi connectivity index (χ3v) is 13.9. The van der Waals surface area contributed by atoms with Crippen LogP contribution in [0.5, 0.6) is 0 Å². The van der Waals surface area contributed by atoms with E-state index in [0.29, 0.717) is 5.92 Å². The van der Waals surface area contributed by atoms with E-state index in [4.69, 9.17) is 0 Å². The topological polar surface area (TPSA) is 0 Å². The van der Waals surface area contributed by atoms with Crippen LogP contribution in [0.1, 0.15) is 297 Å². The average Bonchev–Trinajstić information content (AvgIpc) is 3.29. The molecule has 0 heteroatoms. The first-order valence-electron chi connectivity index (χ1n) is 30.1. The number of benzene rings is 4. The smallest absolute Gasteiger partial charge is 0.0126 e. The molecule has 0 aliphatic carbocycles. The standard InChI is InChI=1S/C19H32.C18H30.C17H28.C16H26/c1-7-10-15-13-16(11-8-2)18(19(4,5)6)17(14-15)12-9-3;1-6-9-15-12-16(10-7-2)18(14(4)5)17(13-15)11-8-3;1-5-9-14-12-15(10-6-2)17(8-4)16(13-14)11-7-3;1-5-8-14-11-15(9-6-2)13(4)16(12-14)10-7-3/h13-14H,7-12H2,1-6H3;12-14H,6-11H2,1-5H3;12-13H,5-11H2,1-4H3;11-12H,5-10H2,1-4H3. The van der Waals surface area contributed by atoms with E-state index in [1.165, 1.54) is 161 Å². The molecular formula is C70H116. The van der Waals surface area contributed by atoms with Gasteiger partial charge >= 0.3 is 0 Å². The van der Waals surface area contributed by atoms with Gasteiger partial charge in [-0.1, -0.05) is 250 Å². The van der Waals surface area contributed by atoms with Crippen molar-refractivity contribution >= 4 is 0 Å². The van der Waals surface area contributed by atoms with Crippen LogP contribution in [0.3, 0.4) is 0 Å². The Morgan fingerprint density at radius 1 is 0.314 bits per heavy atom. The minimum absolute atomic E-state index is 0.264. The second kappa shape index (κ2) is 36.7. The molecule has 396 valence electrons. The van der Waals surface area contributed by atoms with Crippen LogP contribution in [-0.2, 0) is 88.9 Å². The summed E-state index contributed by atoms with van der Waals surface area (Å²) in [5, 5.41) is 0. The fourth-order valence-corrected chi connectivity index (χ4v) is 11.3. The Balaban J connectivity index is 0.000000468. The van der Waals surface area contributed by atoms with E-state index in [0.717, 1.165) is 0 Å². The predicted molar refractivity (Wildman–Crippen MR) is 321 cm³/mol. The van der Waals surface area contributed by atoms with E-state index in [9.17, 15) is 0 Å². The van der Waals surface area contributed by atoms with Crippen molar-refractivity contribution in [2.45, 2.75) is 303 Å². The number of hydrogen-bond acceptors (Lipinski definition) is 0. The Hall–Kier alpha value is -3.12. The zero-order chi connectivity index (χ0) is 52.6. The van der Waals surface area contributed by atoms with Gasteiger partial charge in [-0.15, -0.1) is 0 Å². The highest BCUT2D eigenvalue weighted by Gasteiger charge is 2.22. The van der Waals surface area contributed by atoms with E-state index in [1.807, 2.05) is 0 Å². The summed E-state index contributed by atoms with van der Waals surface area (Å²) in [6, 6.07) is 19.7. The molecule has 0 amide bonds. The largest absolute Gasteiger partial charge is 0.0651 e. The van der Waals surface area contributed by atoms with Crippen LogP contribution in [0.2, 0.25) is 0 Å². The van der Waals surface area contributed by atoms with E-state index in [-0.39, 0.29) is 5.41 Å². The predicted octanol–water partition coefficient (Wildman–Crippen LogP) is 21.5. The van der Waals surface area contributed by atoms with Gasteiger partial charge in [-0.25, -0.2) is 0 Å². The fraction of sp³-hybridized carbons (Fsp3) is 0.657. The lowest BCUT2D eigenvalue weighted by Gasteiger charge is -2.27. The lowest BCUT2D eigenvalue weighted by Crippen LogP contribution is -2.18. The first kappa shape index (κ1) is 64.9. The molecule has 0 fully saturated rings. The summed E-state index contributed by atoms with van der Waals surface area (Å²) in [5.74, 6) is 0.656. The van der Waals surface area contributed by atoms with Crippen LogP contribution in [0.25, 0.3) is 0 Å². The number of rotatable bonds is 26. The molecule has 0 nitrogen and oxygen atoms in total. The lowest BCUT2D eigenvalue weighted by molar-refractivity contribution is 0.571. The molecule has 4 aromatic carbocycles. The molecule has 0 aromatic heterocycles. The highest BCUT2D eigenvalue weighted by Crippen LogP contribution is 2.33. The Kier molecular flexibility index (Phi) is 34.1. The minimum Gasteiger partial charge on any atom is -0.0651 e. The van der Waals surface area contributed by atoms with Gasteiger partial charge in [0.05, 0.1) is 0 Å². The van der Waals surface area contributed by atoms with Crippen LogP contribution in [0.4, 0.5) is 0 Å². The molecule has 0 spiro atoms. The van der Waals surface area contributed by atoms with E-state index >= 15 is 0 Å². The van der Waals surface area contributed by atoms with Gasteiger partial charge in [0.25, 0.3) is 0 Å². The molecule has 4 rings (SSSR count). The summed E-state index contributed by atoms with van der Waals surface area (Å²) in [6.07, 6.45) is 31.0. The molecule has 0 radical (unpaired) electrons. The molecule has 0 heterocycles. The summed E-state index contributed by atoms with van der Waals surface area (Å²) in [7, 11) is 0. The van der Waals surface area contributed by atoms with Crippen molar-refractivity contribution in [3.63, 3.8) is 0 Å². The molecular weight excluding hydrogens is 841 g/mol. The maximum Gasteiger partial charge on any atom is -0.0126 e. The Morgan fingerprint density at radius 2 is 0.543 bits per heavy atom. The molecule has 0 unspecified atom stereocenters. The lowest BCUT2D eigenvalue weighted by atomic mass is 9.77. The minimum atomic E-state index is 0.264. The third kappa shape index (κ3) is 22.3. The molecule has 0 aliphatic heterocycles. The Labute approximate surface area is 438 Å². The second-order valence-corrected chi connectivity index (χ2v) is 22.3. The summed E-state index contributed by atoms with van der Waals surface area (Å²) in [4.78, 5) is 0. The van der Waals surface area contributed by atoms with Crippen molar-refractivity contribution in [1.82, 2.24) is 0 Å². The van der Waals surface area contributed by atoms with Gasteiger partial charge in [0.2, 0.25) is 0 Å². The molecule has 0 saturated heterocycles. The van der Waals surface area contributed by atoms with E-state index in [1.54, 1.807) is 89.0 Å². The number of hydrogen-bond donors (Lipinski definition) is 0. The van der Waals surface area contributed by atoms with Crippen LogP contribution < -0.4 is 0 Å². The van der Waals surface area contributed by atoms with Gasteiger partial charge < -0.3 is 0 Å². The van der Waals surface area contributed by atoms with Gasteiger partial charge in [0.1, 0.15) is 0 Å². The summed E-state index contributed by atoms with van der Waals surface area (Å²) in [5.41, 5.74) is 25.7. The van der Waals surface area contributed by atoms with Gasteiger partial charge in [-0.2, -0.15) is 0 Å². The number of aryl methyl sites for hydroxylation is 12. The average molecular weight is 958 g/mol. The van der Waals surface area contributed by atoms with E-state index in [2.05, 4.69) is 180 Å². The molecule has 0 atom stereocenters. The SMILES string of the molecule is CCCc1cc(CCC)c(C(C)(C)C)c(CCC)c1.CCCc1cc(CCC)c(C(C)C)c(CCC)c1.CCCc1cc(CCC)c(C)c(CCC)c1.CCCc1cc(CCC)c(CC)c(CCC)c1. The van der Waals surface area contributed by atoms with Crippen molar-refractivity contribution in [3.05, 3.63) is 138 Å². The monoisotopic (exact) mass is 957 g/mol.